The van der Waals surface area contributed by atoms with Crippen molar-refractivity contribution in [1.82, 2.24) is 19.8 Å². The van der Waals surface area contributed by atoms with Crippen LogP contribution in [0, 0.1) is 0 Å². The first-order chi connectivity index (χ1) is 9.19. The molecule has 1 aromatic rings. The first-order valence-electron chi connectivity index (χ1n) is 6.77. The van der Waals surface area contributed by atoms with E-state index in [0.29, 0.717) is 12.1 Å². The summed E-state index contributed by atoms with van der Waals surface area (Å²) in [4.78, 5) is 27.0. The van der Waals surface area contributed by atoms with Gasteiger partial charge in [0.15, 0.2) is 0 Å². The molecule has 0 N–H and O–H groups in total. The number of piperazine rings is 1. The monoisotopic (exact) mass is 261 g/mol. The smallest absolute Gasteiger partial charge is 0.257 e. The van der Waals surface area contributed by atoms with E-state index in [-0.39, 0.29) is 5.91 Å². The number of rotatable bonds is 2. The third-order valence-corrected chi connectivity index (χ3v) is 3.92. The molecule has 0 spiro atoms. The van der Waals surface area contributed by atoms with Gasteiger partial charge in [0, 0.05) is 39.4 Å². The van der Waals surface area contributed by atoms with Gasteiger partial charge in [-0.3, -0.25) is 4.79 Å². The van der Waals surface area contributed by atoms with Gasteiger partial charge in [-0.25, -0.2) is 9.97 Å². The highest BCUT2D eigenvalue weighted by Gasteiger charge is 2.27. The SMILES string of the molecule is CCN1CCN(c2ncc3c(n2)CN(C)C3=O)CC1. The lowest BCUT2D eigenvalue weighted by Crippen LogP contribution is -2.46. The lowest BCUT2D eigenvalue weighted by Gasteiger charge is -2.34. The molecule has 2 aliphatic heterocycles. The third-order valence-electron chi connectivity index (χ3n) is 3.92. The van der Waals surface area contributed by atoms with E-state index in [1.807, 2.05) is 0 Å². The fourth-order valence-corrected chi connectivity index (χ4v) is 2.62. The molecule has 19 heavy (non-hydrogen) atoms. The van der Waals surface area contributed by atoms with Gasteiger partial charge in [-0.1, -0.05) is 6.92 Å². The van der Waals surface area contributed by atoms with E-state index in [1.165, 1.54) is 0 Å². The predicted molar refractivity (Wildman–Crippen MR) is 72.2 cm³/mol. The Morgan fingerprint density at radius 1 is 1.26 bits per heavy atom. The molecule has 0 unspecified atom stereocenters. The highest BCUT2D eigenvalue weighted by atomic mass is 16.2. The number of likely N-dealkylation sites (N-methyl/N-ethyl adjacent to an activating group) is 1. The molecule has 1 amide bonds. The third kappa shape index (κ3) is 2.16. The van der Waals surface area contributed by atoms with Crippen LogP contribution in [0.5, 0.6) is 0 Å². The lowest BCUT2D eigenvalue weighted by molar-refractivity contribution is 0.0816. The first kappa shape index (κ1) is 12.3. The Hall–Kier alpha value is -1.69. The summed E-state index contributed by atoms with van der Waals surface area (Å²) in [6.07, 6.45) is 1.68. The largest absolute Gasteiger partial charge is 0.338 e. The topological polar surface area (TPSA) is 52.6 Å². The molecule has 3 heterocycles. The summed E-state index contributed by atoms with van der Waals surface area (Å²) in [6.45, 7) is 7.89. The zero-order valence-corrected chi connectivity index (χ0v) is 11.5. The second kappa shape index (κ2) is 4.77. The maximum absolute atomic E-state index is 11.8. The van der Waals surface area contributed by atoms with Crippen molar-refractivity contribution in [2.75, 3.05) is 44.7 Å². The van der Waals surface area contributed by atoms with Gasteiger partial charge < -0.3 is 14.7 Å². The predicted octanol–water partition coefficient (Wildman–Crippen LogP) is 0.204. The molecule has 1 saturated heterocycles. The van der Waals surface area contributed by atoms with Gasteiger partial charge in [0.25, 0.3) is 5.91 Å². The Labute approximate surface area is 113 Å². The molecule has 102 valence electrons. The van der Waals surface area contributed by atoms with Gasteiger partial charge in [0.1, 0.15) is 0 Å². The Bertz CT molecular complexity index is 496. The molecule has 0 atom stereocenters. The molecule has 0 saturated carbocycles. The summed E-state index contributed by atoms with van der Waals surface area (Å²) in [5.41, 5.74) is 1.51. The van der Waals surface area contributed by atoms with E-state index in [0.717, 1.165) is 44.4 Å². The fraction of sp³-hybridized carbons (Fsp3) is 0.615. The van der Waals surface area contributed by atoms with E-state index >= 15 is 0 Å². The number of nitrogens with zero attached hydrogens (tertiary/aromatic N) is 5. The van der Waals surface area contributed by atoms with Gasteiger partial charge in [-0.2, -0.15) is 0 Å². The van der Waals surface area contributed by atoms with Gasteiger partial charge in [-0.05, 0) is 6.54 Å². The normalized spacial score (nSPS) is 20.0. The van der Waals surface area contributed by atoms with Gasteiger partial charge >= 0.3 is 0 Å². The molecule has 1 fully saturated rings. The number of aromatic nitrogens is 2. The minimum Gasteiger partial charge on any atom is -0.338 e. The number of hydrogen-bond acceptors (Lipinski definition) is 5. The zero-order chi connectivity index (χ0) is 13.4. The van der Waals surface area contributed by atoms with Crippen LogP contribution in [-0.2, 0) is 6.54 Å². The van der Waals surface area contributed by atoms with Crippen LogP contribution in [0.4, 0.5) is 5.95 Å². The number of amides is 1. The average Bonchev–Trinajstić information content (AvgIpc) is 2.74. The van der Waals surface area contributed by atoms with E-state index in [4.69, 9.17) is 0 Å². The molecule has 0 aliphatic carbocycles. The molecule has 0 aromatic carbocycles. The minimum atomic E-state index is 0.0253. The Morgan fingerprint density at radius 2 is 2.00 bits per heavy atom. The molecule has 1 aromatic heterocycles. The van der Waals surface area contributed by atoms with Crippen LogP contribution in [0.3, 0.4) is 0 Å². The standard InChI is InChI=1S/C13H19N5O/c1-3-17-4-6-18(7-5-17)13-14-8-10-11(15-13)9-16(2)12(10)19/h8H,3-7,9H2,1-2H3. The van der Waals surface area contributed by atoms with Crippen LogP contribution in [0.25, 0.3) is 0 Å². The summed E-state index contributed by atoms with van der Waals surface area (Å²) < 4.78 is 0. The average molecular weight is 261 g/mol. The quantitative estimate of drug-likeness (QED) is 0.761. The molecule has 0 bridgehead atoms. The van der Waals surface area contributed by atoms with Crippen LogP contribution in [0.1, 0.15) is 23.0 Å². The van der Waals surface area contributed by atoms with Gasteiger partial charge in [-0.15, -0.1) is 0 Å². The molecule has 2 aliphatic rings. The van der Waals surface area contributed by atoms with E-state index in [2.05, 4.69) is 26.7 Å². The Morgan fingerprint density at radius 3 is 2.68 bits per heavy atom. The van der Waals surface area contributed by atoms with Gasteiger partial charge in [0.05, 0.1) is 17.8 Å². The van der Waals surface area contributed by atoms with E-state index in [9.17, 15) is 4.79 Å². The maximum atomic E-state index is 11.8. The maximum Gasteiger partial charge on any atom is 0.257 e. The van der Waals surface area contributed by atoms with Crippen LogP contribution in [0.2, 0.25) is 0 Å². The highest BCUT2D eigenvalue weighted by molar-refractivity contribution is 5.97. The van der Waals surface area contributed by atoms with Crippen LogP contribution >= 0.6 is 0 Å². The highest BCUT2D eigenvalue weighted by Crippen LogP contribution is 2.21. The van der Waals surface area contributed by atoms with Crippen molar-refractivity contribution in [3.05, 3.63) is 17.5 Å². The molecular formula is C13H19N5O. The molecule has 3 rings (SSSR count). The zero-order valence-electron chi connectivity index (χ0n) is 11.5. The number of hydrogen-bond donors (Lipinski definition) is 0. The Kier molecular flexibility index (Phi) is 3.10. The van der Waals surface area contributed by atoms with Crippen molar-refractivity contribution in [3.63, 3.8) is 0 Å². The minimum absolute atomic E-state index is 0.0253. The number of carbonyl (C=O) groups is 1. The summed E-state index contributed by atoms with van der Waals surface area (Å²) in [5, 5.41) is 0. The summed E-state index contributed by atoms with van der Waals surface area (Å²) in [5.74, 6) is 0.787. The van der Waals surface area contributed by atoms with Crippen molar-refractivity contribution in [1.29, 1.82) is 0 Å². The molecular weight excluding hydrogens is 242 g/mol. The van der Waals surface area contributed by atoms with Crippen LogP contribution < -0.4 is 4.90 Å². The second-order valence-electron chi connectivity index (χ2n) is 5.11. The van der Waals surface area contributed by atoms with E-state index in [1.54, 1.807) is 18.1 Å². The first-order valence-corrected chi connectivity index (χ1v) is 6.77. The van der Waals surface area contributed by atoms with Crippen molar-refractivity contribution in [3.8, 4) is 0 Å². The van der Waals surface area contributed by atoms with Crippen molar-refractivity contribution in [2.45, 2.75) is 13.5 Å². The van der Waals surface area contributed by atoms with Crippen LogP contribution in [0.15, 0.2) is 6.20 Å². The van der Waals surface area contributed by atoms with E-state index < -0.39 is 0 Å². The van der Waals surface area contributed by atoms with Crippen molar-refractivity contribution in [2.24, 2.45) is 0 Å². The Balaban J connectivity index is 1.77. The second-order valence-corrected chi connectivity index (χ2v) is 5.11. The molecule has 6 heteroatoms. The molecule has 6 nitrogen and oxygen atoms in total. The number of anilines is 1. The summed E-state index contributed by atoms with van der Waals surface area (Å²) in [6, 6.07) is 0. The fourth-order valence-electron chi connectivity index (χ4n) is 2.62. The van der Waals surface area contributed by atoms with Crippen molar-refractivity contribution >= 4 is 11.9 Å². The van der Waals surface area contributed by atoms with Crippen molar-refractivity contribution < 1.29 is 4.79 Å². The molecule has 0 radical (unpaired) electrons. The number of carbonyl (C=O) groups excluding carboxylic acids is 1. The summed E-state index contributed by atoms with van der Waals surface area (Å²) in [7, 11) is 1.80. The van der Waals surface area contributed by atoms with Gasteiger partial charge in [0.2, 0.25) is 5.95 Å². The lowest BCUT2D eigenvalue weighted by atomic mass is 10.2. The summed E-state index contributed by atoms with van der Waals surface area (Å²) >= 11 is 0. The van der Waals surface area contributed by atoms with Crippen LogP contribution in [-0.4, -0.2) is 65.4 Å². The number of fused-ring (bicyclic) bond motifs is 1.